The Kier molecular flexibility index (Phi) is 8.40. The molecule has 0 aromatic rings. The SMILES string of the molecule is CCCC(C)NC(=O)CN(CC)CC(=O)OC. The summed E-state index contributed by atoms with van der Waals surface area (Å²) in [5.41, 5.74) is 0. The molecule has 0 aliphatic rings. The molecule has 1 N–H and O–H groups in total. The summed E-state index contributed by atoms with van der Waals surface area (Å²) in [6.07, 6.45) is 2.01. The van der Waals surface area contributed by atoms with Crippen LogP contribution < -0.4 is 5.32 Å². The molecular weight excluding hydrogens is 220 g/mol. The van der Waals surface area contributed by atoms with Gasteiger partial charge in [-0.05, 0) is 19.9 Å². The molecule has 1 atom stereocenters. The Morgan fingerprint density at radius 2 is 1.94 bits per heavy atom. The zero-order valence-corrected chi connectivity index (χ0v) is 11.3. The third-order valence-corrected chi connectivity index (χ3v) is 2.52. The van der Waals surface area contributed by atoms with Gasteiger partial charge in [0.25, 0.3) is 0 Å². The van der Waals surface area contributed by atoms with Gasteiger partial charge in [-0.15, -0.1) is 0 Å². The van der Waals surface area contributed by atoms with Gasteiger partial charge >= 0.3 is 5.97 Å². The number of hydrogen-bond acceptors (Lipinski definition) is 4. The van der Waals surface area contributed by atoms with Crippen LogP contribution in [0.5, 0.6) is 0 Å². The van der Waals surface area contributed by atoms with E-state index in [-0.39, 0.29) is 31.0 Å². The minimum atomic E-state index is -0.318. The fraction of sp³-hybridized carbons (Fsp3) is 0.833. The Morgan fingerprint density at radius 1 is 1.29 bits per heavy atom. The Labute approximate surface area is 103 Å². The third kappa shape index (κ3) is 7.74. The van der Waals surface area contributed by atoms with Crippen LogP contribution in [0.4, 0.5) is 0 Å². The minimum absolute atomic E-state index is 0.0447. The summed E-state index contributed by atoms with van der Waals surface area (Å²) >= 11 is 0. The van der Waals surface area contributed by atoms with E-state index < -0.39 is 0 Å². The molecule has 0 rings (SSSR count). The number of hydrogen-bond donors (Lipinski definition) is 1. The van der Waals surface area contributed by atoms with Crippen LogP contribution in [0.1, 0.15) is 33.6 Å². The molecule has 0 radical (unpaired) electrons. The number of esters is 1. The molecule has 1 amide bonds. The maximum Gasteiger partial charge on any atom is 0.319 e. The summed E-state index contributed by atoms with van der Waals surface area (Å²) in [5.74, 6) is -0.363. The largest absolute Gasteiger partial charge is 0.468 e. The number of ether oxygens (including phenoxy) is 1. The maximum atomic E-state index is 11.7. The van der Waals surface area contributed by atoms with Gasteiger partial charge in [0.1, 0.15) is 0 Å². The molecule has 0 aliphatic carbocycles. The lowest BCUT2D eigenvalue weighted by Gasteiger charge is -2.20. The van der Waals surface area contributed by atoms with Crippen LogP contribution in [0.25, 0.3) is 0 Å². The van der Waals surface area contributed by atoms with Gasteiger partial charge < -0.3 is 10.1 Å². The first kappa shape index (κ1) is 15.9. The van der Waals surface area contributed by atoms with Crippen molar-refractivity contribution < 1.29 is 14.3 Å². The van der Waals surface area contributed by atoms with Crippen LogP contribution in [-0.4, -0.2) is 49.6 Å². The highest BCUT2D eigenvalue weighted by Crippen LogP contribution is 1.95. The summed E-state index contributed by atoms with van der Waals surface area (Å²) in [4.78, 5) is 24.5. The van der Waals surface area contributed by atoms with Crippen molar-refractivity contribution in [1.29, 1.82) is 0 Å². The zero-order chi connectivity index (χ0) is 13.3. The third-order valence-electron chi connectivity index (χ3n) is 2.52. The van der Waals surface area contributed by atoms with Gasteiger partial charge in [0, 0.05) is 6.04 Å². The molecule has 0 fully saturated rings. The van der Waals surface area contributed by atoms with Gasteiger partial charge in [-0.1, -0.05) is 20.3 Å². The number of rotatable bonds is 8. The topological polar surface area (TPSA) is 58.6 Å². The number of nitrogens with one attached hydrogen (secondary N) is 1. The highest BCUT2D eigenvalue weighted by atomic mass is 16.5. The second-order valence-corrected chi connectivity index (χ2v) is 4.14. The van der Waals surface area contributed by atoms with Gasteiger partial charge in [0.05, 0.1) is 20.2 Å². The monoisotopic (exact) mass is 244 g/mol. The number of nitrogens with zero attached hydrogens (tertiary/aromatic N) is 1. The zero-order valence-electron chi connectivity index (χ0n) is 11.3. The van der Waals surface area contributed by atoms with Gasteiger partial charge in [-0.25, -0.2) is 0 Å². The summed E-state index contributed by atoms with van der Waals surface area (Å²) in [5, 5.41) is 2.90. The van der Waals surface area contributed by atoms with Crippen LogP contribution >= 0.6 is 0 Å². The van der Waals surface area contributed by atoms with E-state index in [9.17, 15) is 9.59 Å². The molecule has 100 valence electrons. The van der Waals surface area contributed by atoms with Crippen molar-refractivity contribution in [2.45, 2.75) is 39.7 Å². The van der Waals surface area contributed by atoms with Crippen LogP contribution in [0.3, 0.4) is 0 Å². The van der Waals surface area contributed by atoms with Crippen molar-refractivity contribution >= 4 is 11.9 Å². The lowest BCUT2D eigenvalue weighted by Crippen LogP contribution is -2.42. The van der Waals surface area contributed by atoms with E-state index in [1.54, 1.807) is 4.90 Å². The molecule has 0 spiro atoms. The molecule has 0 aliphatic heterocycles. The molecule has 5 nitrogen and oxygen atoms in total. The van der Waals surface area contributed by atoms with Crippen molar-refractivity contribution in [3.63, 3.8) is 0 Å². The summed E-state index contributed by atoms with van der Waals surface area (Å²) in [6, 6.07) is 0.185. The van der Waals surface area contributed by atoms with Crippen molar-refractivity contribution in [2.75, 3.05) is 26.7 Å². The Morgan fingerprint density at radius 3 is 2.41 bits per heavy atom. The number of likely N-dealkylation sites (N-methyl/N-ethyl adjacent to an activating group) is 1. The first-order valence-electron chi connectivity index (χ1n) is 6.11. The van der Waals surface area contributed by atoms with Crippen molar-refractivity contribution in [3.8, 4) is 0 Å². The molecule has 0 heterocycles. The Bertz CT molecular complexity index is 244. The molecule has 17 heavy (non-hydrogen) atoms. The second-order valence-electron chi connectivity index (χ2n) is 4.14. The molecule has 1 unspecified atom stereocenters. The highest BCUT2D eigenvalue weighted by molar-refractivity contribution is 5.79. The van der Waals surface area contributed by atoms with Gasteiger partial charge in [-0.3, -0.25) is 14.5 Å². The predicted octanol–water partition coefficient (Wildman–Crippen LogP) is 0.786. The van der Waals surface area contributed by atoms with Crippen LogP contribution in [0, 0.1) is 0 Å². The predicted molar refractivity (Wildman–Crippen MR) is 66.6 cm³/mol. The molecule has 0 saturated heterocycles. The Hall–Kier alpha value is -1.10. The first-order valence-corrected chi connectivity index (χ1v) is 6.11. The molecular formula is C12H24N2O3. The second kappa shape index (κ2) is 8.98. The molecule has 0 bridgehead atoms. The van der Waals surface area contributed by atoms with Gasteiger partial charge in [0.15, 0.2) is 0 Å². The van der Waals surface area contributed by atoms with Crippen LogP contribution in [0.2, 0.25) is 0 Å². The maximum absolute atomic E-state index is 11.7. The molecule has 0 saturated carbocycles. The molecule has 0 aromatic carbocycles. The number of methoxy groups -OCH3 is 1. The van der Waals surface area contributed by atoms with Gasteiger partial charge in [-0.2, -0.15) is 0 Å². The van der Waals surface area contributed by atoms with Crippen LogP contribution in [-0.2, 0) is 14.3 Å². The van der Waals surface area contributed by atoms with E-state index in [0.717, 1.165) is 12.8 Å². The average molecular weight is 244 g/mol. The summed E-state index contributed by atoms with van der Waals surface area (Å²) in [7, 11) is 1.35. The number of carbonyl (C=O) groups excluding carboxylic acids is 2. The van der Waals surface area contributed by atoms with E-state index in [0.29, 0.717) is 6.54 Å². The number of carbonyl (C=O) groups is 2. The van der Waals surface area contributed by atoms with E-state index in [1.807, 2.05) is 13.8 Å². The van der Waals surface area contributed by atoms with E-state index in [4.69, 9.17) is 0 Å². The molecule has 5 heteroatoms. The minimum Gasteiger partial charge on any atom is -0.468 e. The average Bonchev–Trinajstić information content (AvgIpc) is 2.27. The number of amides is 1. The normalized spacial score (nSPS) is 12.3. The van der Waals surface area contributed by atoms with Crippen molar-refractivity contribution in [3.05, 3.63) is 0 Å². The summed E-state index contributed by atoms with van der Waals surface area (Å²) < 4.78 is 4.57. The van der Waals surface area contributed by atoms with Crippen LogP contribution in [0.15, 0.2) is 0 Å². The van der Waals surface area contributed by atoms with Crippen molar-refractivity contribution in [1.82, 2.24) is 10.2 Å². The fourth-order valence-electron chi connectivity index (χ4n) is 1.56. The summed E-state index contributed by atoms with van der Waals surface area (Å²) in [6.45, 7) is 7.01. The van der Waals surface area contributed by atoms with E-state index >= 15 is 0 Å². The molecule has 0 aromatic heterocycles. The van der Waals surface area contributed by atoms with E-state index in [1.165, 1.54) is 7.11 Å². The van der Waals surface area contributed by atoms with Crippen molar-refractivity contribution in [2.24, 2.45) is 0 Å². The highest BCUT2D eigenvalue weighted by Gasteiger charge is 2.14. The smallest absolute Gasteiger partial charge is 0.319 e. The fourth-order valence-corrected chi connectivity index (χ4v) is 1.56. The van der Waals surface area contributed by atoms with E-state index in [2.05, 4.69) is 17.0 Å². The standard InChI is InChI=1S/C12H24N2O3/c1-5-7-10(3)13-11(15)8-14(6-2)9-12(16)17-4/h10H,5-9H2,1-4H3,(H,13,15). The van der Waals surface area contributed by atoms with Gasteiger partial charge in [0.2, 0.25) is 5.91 Å². The first-order chi connectivity index (χ1) is 8.03. The quantitative estimate of drug-likeness (QED) is 0.641. The lowest BCUT2D eigenvalue weighted by molar-refractivity contribution is -0.142. The lowest BCUT2D eigenvalue weighted by atomic mass is 10.2. The Balaban J connectivity index is 4.01.